The lowest BCUT2D eigenvalue weighted by Crippen LogP contribution is -2.03. The first-order valence-electron chi connectivity index (χ1n) is 10.7. The third-order valence-electron chi connectivity index (χ3n) is 5.33. The molecule has 176 valence electrons. The Morgan fingerprint density at radius 2 is 1.88 bits per heavy atom. The van der Waals surface area contributed by atoms with Gasteiger partial charge in [0.25, 0.3) is 0 Å². The number of ether oxygens (including phenoxy) is 1. The Morgan fingerprint density at radius 1 is 1.06 bits per heavy atom. The molecule has 0 bridgehead atoms. The molecule has 2 aromatic heterocycles. The Kier molecular flexibility index (Phi) is 7.10. The molecule has 0 aliphatic heterocycles. The van der Waals surface area contributed by atoms with Gasteiger partial charge in [-0.1, -0.05) is 23.4 Å². The molecule has 0 aliphatic carbocycles. The van der Waals surface area contributed by atoms with E-state index in [1.165, 1.54) is 12.1 Å². The zero-order valence-corrected chi connectivity index (χ0v) is 18.5. The van der Waals surface area contributed by atoms with Gasteiger partial charge >= 0.3 is 6.18 Å². The maximum atomic E-state index is 12.7. The fraction of sp³-hybridized carbons (Fsp3) is 0.240. The average molecular weight is 468 g/mol. The zero-order chi connectivity index (χ0) is 24.0. The molecule has 0 amide bonds. The largest absolute Gasteiger partial charge is 0.497 e. The summed E-state index contributed by atoms with van der Waals surface area (Å²) in [6.45, 7) is 0.800. The van der Waals surface area contributed by atoms with Crippen LogP contribution < -0.4 is 4.74 Å². The molecular weight excluding hydrogens is 445 g/mol. The number of alkyl halides is 3. The fourth-order valence-electron chi connectivity index (χ4n) is 3.52. The topological polar surface area (TPSA) is 66.0 Å². The van der Waals surface area contributed by atoms with Crippen molar-refractivity contribution in [2.75, 3.05) is 7.11 Å². The van der Waals surface area contributed by atoms with Crippen LogP contribution in [0, 0.1) is 0 Å². The van der Waals surface area contributed by atoms with Gasteiger partial charge in [-0.25, -0.2) is 4.98 Å². The zero-order valence-electron chi connectivity index (χ0n) is 18.5. The normalized spacial score (nSPS) is 11.9. The molecule has 0 fully saturated rings. The summed E-state index contributed by atoms with van der Waals surface area (Å²) < 4.78 is 50.9. The molecule has 6 nitrogen and oxygen atoms in total. The molecule has 0 unspecified atom stereocenters. The first-order valence-corrected chi connectivity index (χ1v) is 10.7. The van der Waals surface area contributed by atoms with E-state index in [2.05, 4.69) is 15.3 Å². The molecule has 2 heterocycles. The van der Waals surface area contributed by atoms with E-state index < -0.39 is 11.7 Å². The molecule has 0 saturated heterocycles. The highest BCUT2D eigenvalue weighted by atomic mass is 19.4. The minimum Gasteiger partial charge on any atom is -0.497 e. The van der Waals surface area contributed by atoms with Gasteiger partial charge in [-0.15, -0.1) is 5.10 Å². The van der Waals surface area contributed by atoms with Gasteiger partial charge in [-0.05, 0) is 60.7 Å². The van der Waals surface area contributed by atoms with E-state index in [-0.39, 0.29) is 0 Å². The third kappa shape index (κ3) is 5.92. The Bertz CT molecular complexity index is 1230. The van der Waals surface area contributed by atoms with Crippen LogP contribution in [-0.2, 0) is 19.1 Å². The Morgan fingerprint density at radius 3 is 2.59 bits per heavy atom. The number of rotatable bonds is 9. The van der Waals surface area contributed by atoms with Gasteiger partial charge in [0.2, 0.25) is 5.89 Å². The van der Waals surface area contributed by atoms with E-state index in [9.17, 15) is 13.2 Å². The van der Waals surface area contributed by atoms with Gasteiger partial charge < -0.3 is 9.15 Å². The summed E-state index contributed by atoms with van der Waals surface area (Å²) in [5.74, 6) is 1.07. The highest BCUT2D eigenvalue weighted by Crippen LogP contribution is 2.30. The lowest BCUT2D eigenvalue weighted by atomic mass is 9.99. The van der Waals surface area contributed by atoms with E-state index in [1.807, 2.05) is 29.1 Å². The highest BCUT2D eigenvalue weighted by Gasteiger charge is 2.29. The number of unbranched alkanes of at least 4 members (excludes halogenated alkanes) is 1. The smallest absolute Gasteiger partial charge is 0.416 e. The van der Waals surface area contributed by atoms with Crippen molar-refractivity contribution < 1.29 is 22.3 Å². The van der Waals surface area contributed by atoms with Crippen molar-refractivity contribution in [1.82, 2.24) is 20.0 Å². The molecule has 4 aromatic rings. The third-order valence-corrected chi connectivity index (χ3v) is 5.33. The summed E-state index contributed by atoms with van der Waals surface area (Å²) in [7, 11) is 1.61. The maximum absolute atomic E-state index is 12.7. The molecule has 2 aromatic carbocycles. The number of aromatic nitrogens is 4. The molecule has 0 N–H and O–H groups in total. The second-order valence-electron chi connectivity index (χ2n) is 7.67. The summed E-state index contributed by atoms with van der Waals surface area (Å²) in [5.41, 5.74) is 2.62. The summed E-state index contributed by atoms with van der Waals surface area (Å²) in [4.78, 5) is 4.55. The SMILES string of the molecule is COc1ccc(CCCCn2ccnn2)c(-c2coc(/C=C/c3ccc(C(F)(F)F)cc3)n2)c1. The molecule has 0 atom stereocenters. The van der Waals surface area contributed by atoms with Crippen molar-refractivity contribution in [3.63, 3.8) is 0 Å². The average Bonchev–Trinajstić information content (AvgIpc) is 3.52. The number of benzene rings is 2. The van der Waals surface area contributed by atoms with Crippen molar-refractivity contribution in [1.29, 1.82) is 0 Å². The van der Waals surface area contributed by atoms with Crippen molar-refractivity contribution >= 4 is 12.2 Å². The number of nitrogens with zero attached hydrogens (tertiary/aromatic N) is 4. The van der Waals surface area contributed by atoms with E-state index in [1.54, 1.807) is 31.7 Å². The summed E-state index contributed by atoms with van der Waals surface area (Å²) in [6, 6.07) is 10.8. The molecular formula is C25H23F3N4O2. The summed E-state index contributed by atoms with van der Waals surface area (Å²) in [5, 5.41) is 7.79. The second-order valence-corrected chi connectivity index (χ2v) is 7.67. The van der Waals surface area contributed by atoms with Crippen LogP contribution in [0.5, 0.6) is 5.75 Å². The van der Waals surface area contributed by atoms with E-state index in [0.29, 0.717) is 22.9 Å². The molecule has 4 rings (SSSR count). The summed E-state index contributed by atoms with van der Waals surface area (Å²) >= 11 is 0. The van der Waals surface area contributed by atoms with Crippen LogP contribution in [-0.4, -0.2) is 27.1 Å². The number of aryl methyl sites for hydroxylation is 2. The predicted molar refractivity (Wildman–Crippen MR) is 122 cm³/mol. The lowest BCUT2D eigenvalue weighted by Gasteiger charge is -2.10. The van der Waals surface area contributed by atoms with E-state index >= 15 is 0 Å². The van der Waals surface area contributed by atoms with Crippen LogP contribution in [0.4, 0.5) is 13.2 Å². The van der Waals surface area contributed by atoms with Gasteiger partial charge in [0, 0.05) is 24.4 Å². The molecule has 0 aliphatic rings. The number of oxazole rings is 1. The minimum absolute atomic E-state index is 0.356. The maximum Gasteiger partial charge on any atom is 0.416 e. The van der Waals surface area contributed by atoms with Crippen LogP contribution in [0.15, 0.2) is 65.5 Å². The van der Waals surface area contributed by atoms with Gasteiger partial charge in [0.15, 0.2) is 0 Å². The molecule has 9 heteroatoms. The Labute approximate surface area is 194 Å². The van der Waals surface area contributed by atoms with E-state index in [4.69, 9.17) is 9.15 Å². The first kappa shape index (κ1) is 23.3. The lowest BCUT2D eigenvalue weighted by molar-refractivity contribution is -0.137. The van der Waals surface area contributed by atoms with Crippen molar-refractivity contribution in [3.05, 3.63) is 83.7 Å². The molecule has 34 heavy (non-hydrogen) atoms. The number of methoxy groups -OCH3 is 1. The fourth-order valence-corrected chi connectivity index (χ4v) is 3.52. The van der Waals surface area contributed by atoms with Gasteiger partial charge in [0.05, 0.1) is 18.9 Å². The van der Waals surface area contributed by atoms with Crippen LogP contribution in [0.25, 0.3) is 23.4 Å². The van der Waals surface area contributed by atoms with Crippen molar-refractivity contribution in [3.8, 4) is 17.0 Å². The second kappa shape index (κ2) is 10.4. The Hall–Kier alpha value is -3.88. The molecule has 0 radical (unpaired) electrons. The van der Waals surface area contributed by atoms with Gasteiger partial charge in [0.1, 0.15) is 17.7 Å². The summed E-state index contributed by atoms with van der Waals surface area (Å²) in [6.07, 6.45) is 6.76. The number of hydrogen-bond acceptors (Lipinski definition) is 5. The predicted octanol–water partition coefficient (Wildman–Crippen LogP) is 6.15. The first-order chi connectivity index (χ1) is 16.4. The molecule has 0 spiro atoms. The van der Waals surface area contributed by atoms with Crippen LogP contribution in [0.2, 0.25) is 0 Å². The van der Waals surface area contributed by atoms with Crippen LogP contribution in [0.3, 0.4) is 0 Å². The molecule has 0 saturated carbocycles. The minimum atomic E-state index is -4.36. The van der Waals surface area contributed by atoms with Crippen molar-refractivity contribution in [2.45, 2.75) is 32.0 Å². The monoisotopic (exact) mass is 468 g/mol. The van der Waals surface area contributed by atoms with Gasteiger partial charge in [-0.2, -0.15) is 13.2 Å². The standard InChI is InChI=1S/C25H23F3N4O2/c1-33-21-11-8-19(4-2-3-14-32-15-13-29-31-32)22(16-21)23-17-34-24(30-23)12-7-18-5-9-20(10-6-18)25(26,27)28/h5-13,15-17H,2-4,14H2,1H3/b12-7+. The van der Waals surface area contributed by atoms with Crippen LogP contribution >= 0.6 is 0 Å². The number of halogens is 3. The quantitative estimate of drug-likeness (QED) is 0.276. The van der Waals surface area contributed by atoms with Crippen molar-refractivity contribution in [2.24, 2.45) is 0 Å². The van der Waals surface area contributed by atoms with E-state index in [0.717, 1.165) is 49.1 Å². The van der Waals surface area contributed by atoms with Gasteiger partial charge in [-0.3, -0.25) is 4.68 Å². The highest BCUT2D eigenvalue weighted by molar-refractivity contribution is 5.69. The van der Waals surface area contributed by atoms with Crippen LogP contribution in [0.1, 0.15) is 35.4 Å². The Balaban J connectivity index is 1.46. The number of hydrogen-bond donors (Lipinski definition) is 0.